The van der Waals surface area contributed by atoms with E-state index in [-0.39, 0.29) is 5.88 Å². The summed E-state index contributed by atoms with van der Waals surface area (Å²) in [7, 11) is 0. The highest BCUT2D eigenvalue weighted by Gasteiger charge is 2.10. The van der Waals surface area contributed by atoms with Crippen LogP contribution in [0.15, 0.2) is 40.8 Å². The Morgan fingerprint density at radius 3 is 2.58 bits per heavy atom. The van der Waals surface area contributed by atoms with Crippen LogP contribution >= 0.6 is 11.6 Å². The van der Waals surface area contributed by atoms with Gasteiger partial charge in [-0.05, 0) is 35.4 Å². The molecule has 0 radical (unpaired) electrons. The van der Waals surface area contributed by atoms with Gasteiger partial charge < -0.3 is 4.42 Å². The van der Waals surface area contributed by atoms with Crippen LogP contribution in [-0.2, 0) is 0 Å². The number of carbonyl (C=O) groups excluding carboxylic acids is 1. The van der Waals surface area contributed by atoms with E-state index in [2.05, 4.69) is 0 Å². The average molecular weight is 278 g/mol. The highest BCUT2D eigenvalue weighted by molar-refractivity contribution is 6.68. The van der Waals surface area contributed by atoms with Crippen LogP contribution in [0.5, 0.6) is 0 Å². The lowest BCUT2D eigenvalue weighted by atomic mass is 10.1. The van der Waals surface area contributed by atoms with Crippen molar-refractivity contribution >= 4 is 34.9 Å². The number of rotatable bonds is 4. The van der Waals surface area contributed by atoms with Crippen LogP contribution in [0.1, 0.15) is 21.7 Å². The van der Waals surface area contributed by atoms with Gasteiger partial charge in [0.1, 0.15) is 10.7 Å². The van der Waals surface area contributed by atoms with Crippen molar-refractivity contribution in [2.24, 2.45) is 0 Å². The van der Waals surface area contributed by atoms with E-state index in [1.807, 2.05) is 0 Å². The van der Waals surface area contributed by atoms with Crippen molar-refractivity contribution in [3.05, 3.63) is 63.4 Å². The number of carbonyl (C=O) groups is 1. The molecular weight excluding hydrogens is 270 g/mol. The third kappa shape index (κ3) is 3.08. The van der Waals surface area contributed by atoms with E-state index < -0.39 is 10.2 Å². The van der Waals surface area contributed by atoms with Crippen LogP contribution in [0.25, 0.3) is 12.2 Å². The van der Waals surface area contributed by atoms with Gasteiger partial charge in [0.15, 0.2) is 0 Å². The maximum atomic E-state index is 11.2. The minimum absolute atomic E-state index is 0.323. The molecule has 2 rings (SSSR count). The maximum absolute atomic E-state index is 11.2. The number of nitro groups is 1. The number of benzene rings is 1. The Labute approximate surface area is 113 Å². The Kier molecular flexibility index (Phi) is 3.77. The first kappa shape index (κ1) is 13.0. The molecule has 0 N–H and O–H groups in total. The van der Waals surface area contributed by atoms with Gasteiger partial charge in [0.2, 0.25) is 0 Å². The van der Waals surface area contributed by atoms with Gasteiger partial charge in [0.25, 0.3) is 5.24 Å². The van der Waals surface area contributed by atoms with E-state index in [4.69, 9.17) is 16.0 Å². The first-order valence-corrected chi connectivity index (χ1v) is 5.67. The minimum atomic E-state index is -0.617. The number of furan rings is 1. The zero-order valence-corrected chi connectivity index (χ0v) is 10.3. The Hall–Kier alpha value is -2.40. The van der Waals surface area contributed by atoms with Gasteiger partial charge in [-0.3, -0.25) is 14.9 Å². The smallest absolute Gasteiger partial charge is 0.401 e. The molecule has 2 aromatic rings. The van der Waals surface area contributed by atoms with E-state index >= 15 is 0 Å². The second-order valence-electron chi connectivity index (χ2n) is 3.63. The Balaban J connectivity index is 2.27. The van der Waals surface area contributed by atoms with Crippen LogP contribution in [0, 0.1) is 10.1 Å². The summed E-state index contributed by atoms with van der Waals surface area (Å²) in [5.74, 6) is -0.00937. The van der Waals surface area contributed by atoms with Crippen molar-refractivity contribution in [3.8, 4) is 0 Å². The van der Waals surface area contributed by atoms with E-state index in [9.17, 15) is 14.9 Å². The quantitative estimate of drug-likeness (QED) is 0.485. The molecule has 19 heavy (non-hydrogen) atoms. The first-order chi connectivity index (χ1) is 9.08. The third-order valence-corrected chi connectivity index (χ3v) is 2.60. The van der Waals surface area contributed by atoms with Gasteiger partial charge in [-0.2, -0.15) is 0 Å². The molecule has 0 spiro atoms. The largest absolute Gasteiger partial charge is 0.433 e. The summed E-state index contributed by atoms with van der Waals surface area (Å²) in [4.78, 5) is 21.0. The molecule has 0 atom stereocenters. The number of hydrogen-bond donors (Lipinski definition) is 0. The summed E-state index contributed by atoms with van der Waals surface area (Å²) in [5.41, 5.74) is 0.975. The molecular formula is C13H8ClNO4. The van der Waals surface area contributed by atoms with Crippen molar-refractivity contribution in [1.29, 1.82) is 0 Å². The van der Waals surface area contributed by atoms with Crippen molar-refractivity contribution < 1.29 is 14.1 Å². The van der Waals surface area contributed by atoms with Crippen molar-refractivity contribution in [2.45, 2.75) is 0 Å². The average Bonchev–Trinajstić information content (AvgIpc) is 2.85. The molecule has 5 nitrogen and oxygen atoms in total. The number of halogens is 1. The Bertz CT molecular complexity index is 660. The van der Waals surface area contributed by atoms with Gasteiger partial charge in [0.05, 0.1) is 6.07 Å². The Morgan fingerprint density at radius 1 is 1.21 bits per heavy atom. The van der Waals surface area contributed by atoms with Gasteiger partial charge in [-0.25, -0.2) is 0 Å². The Morgan fingerprint density at radius 2 is 1.95 bits per heavy atom. The highest BCUT2D eigenvalue weighted by Crippen LogP contribution is 2.19. The standard InChI is InChI=1S/C13H8ClNO4/c14-13(16)11-4-2-1-3-9(11)5-6-10-7-8-12(19-10)15(17)18/h1-8H. The zero-order chi connectivity index (χ0) is 13.8. The van der Waals surface area contributed by atoms with Crippen LogP contribution < -0.4 is 0 Å². The van der Waals surface area contributed by atoms with Gasteiger partial charge >= 0.3 is 5.88 Å². The molecule has 0 aliphatic heterocycles. The summed E-state index contributed by atoms with van der Waals surface area (Å²) in [5, 5.41) is 9.89. The topological polar surface area (TPSA) is 73.3 Å². The summed E-state index contributed by atoms with van der Waals surface area (Å²) >= 11 is 5.45. The molecule has 0 bridgehead atoms. The second kappa shape index (κ2) is 5.49. The molecule has 0 fully saturated rings. The molecule has 1 aromatic heterocycles. The van der Waals surface area contributed by atoms with Gasteiger partial charge in [-0.15, -0.1) is 0 Å². The normalized spacial score (nSPS) is 10.8. The fraction of sp³-hybridized carbons (Fsp3) is 0. The monoisotopic (exact) mass is 277 g/mol. The van der Waals surface area contributed by atoms with Crippen LogP contribution in [0.3, 0.4) is 0 Å². The van der Waals surface area contributed by atoms with Crippen LogP contribution in [-0.4, -0.2) is 10.2 Å². The lowest BCUT2D eigenvalue weighted by Crippen LogP contribution is -1.91. The van der Waals surface area contributed by atoms with E-state index in [0.29, 0.717) is 16.9 Å². The maximum Gasteiger partial charge on any atom is 0.433 e. The minimum Gasteiger partial charge on any atom is -0.401 e. The van der Waals surface area contributed by atoms with E-state index in [1.54, 1.807) is 30.3 Å². The number of hydrogen-bond acceptors (Lipinski definition) is 4. The molecule has 0 amide bonds. The van der Waals surface area contributed by atoms with Crippen molar-refractivity contribution in [2.75, 3.05) is 0 Å². The predicted molar refractivity (Wildman–Crippen MR) is 70.9 cm³/mol. The third-order valence-electron chi connectivity index (χ3n) is 2.39. The van der Waals surface area contributed by atoms with Gasteiger partial charge in [0, 0.05) is 5.56 Å². The van der Waals surface area contributed by atoms with Crippen molar-refractivity contribution in [3.63, 3.8) is 0 Å². The molecule has 0 saturated heterocycles. The predicted octanol–water partition coefficient (Wildman–Crippen LogP) is 3.74. The first-order valence-electron chi connectivity index (χ1n) is 5.29. The molecule has 1 heterocycles. The summed E-state index contributed by atoms with van der Waals surface area (Å²) < 4.78 is 4.96. The molecule has 0 unspecified atom stereocenters. The fourth-order valence-corrected chi connectivity index (χ4v) is 1.70. The molecule has 0 saturated carbocycles. The van der Waals surface area contributed by atoms with Gasteiger partial charge in [-0.1, -0.05) is 24.3 Å². The highest BCUT2D eigenvalue weighted by atomic mass is 35.5. The molecule has 6 heteroatoms. The molecule has 0 aliphatic rings. The van der Waals surface area contributed by atoms with Crippen molar-refractivity contribution in [1.82, 2.24) is 0 Å². The summed E-state index contributed by atoms with van der Waals surface area (Å²) in [6.07, 6.45) is 3.14. The second-order valence-corrected chi connectivity index (χ2v) is 3.97. The number of nitrogens with zero attached hydrogens (tertiary/aromatic N) is 1. The fourth-order valence-electron chi connectivity index (χ4n) is 1.52. The zero-order valence-electron chi connectivity index (χ0n) is 9.58. The lowest BCUT2D eigenvalue weighted by Gasteiger charge is -1.98. The summed E-state index contributed by atoms with van der Waals surface area (Å²) in [6, 6.07) is 9.50. The molecule has 96 valence electrons. The lowest BCUT2D eigenvalue weighted by molar-refractivity contribution is -0.402. The SMILES string of the molecule is O=C(Cl)c1ccccc1C=Cc1ccc([N+](=O)[O-])o1. The van der Waals surface area contributed by atoms with Crippen LogP contribution in [0.2, 0.25) is 0 Å². The van der Waals surface area contributed by atoms with E-state index in [1.165, 1.54) is 18.2 Å². The summed E-state index contributed by atoms with van der Waals surface area (Å²) in [6.45, 7) is 0. The van der Waals surface area contributed by atoms with E-state index in [0.717, 1.165) is 0 Å². The molecule has 0 aliphatic carbocycles. The van der Waals surface area contributed by atoms with Crippen LogP contribution in [0.4, 0.5) is 5.88 Å². The molecule has 1 aromatic carbocycles.